The van der Waals surface area contributed by atoms with Crippen LogP contribution >= 0.6 is 0 Å². The lowest BCUT2D eigenvalue weighted by Crippen LogP contribution is -2.01. The van der Waals surface area contributed by atoms with Gasteiger partial charge in [-0.3, -0.25) is 0 Å². The van der Waals surface area contributed by atoms with Gasteiger partial charge < -0.3 is 13.9 Å². The Bertz CT molecular complexity index is 539. The summed E-state index contributed by atoms with van der Waals surface area (Å²) in [6.07, 6.45) is 0. The largest absolute Gasteiger partial charge is 0.496 e. The number of furan rings is 1. The highest BCUT2D eigenvalue weighted by atomic mass is 16.5. The molecule has 0 amide bonds. The lowest BCUT2D eigenvalue weighted by Gasteiger charge is -2.04. The molecule has 0 aliphatic rings. The van der Waals surface area contributed by atoms with E-state index in [0.717, 1.165) is 11.1 Å². The van der Waals surface area contributed by atoms with Crippen LogP contribution in [0.5, 0.6) is 5.75 Å². The molecule has 16 heavy (non-hydrogen) atoms. The van der Waals surface area contributed by atoms with E-state index < -0.39 is 5.97 Å². The number of rotatable bonds is 2. The molecule has 4 nitrogen and oxygen atoms in total. The summed E-state index contributed by atoms with van der Waals surface area (Å²) >= 11 is 0. The maximum absolute atomic E-state index is 11.5. The summed E-state index contributed by atoms with van der Waals surface area (Å²) in [5.74, 6) is 0.992. The van der Waals surface area contributed by atoms with Gasteiger partial charge in [0.2, 0.25) is 0 Å². The minimum Gasteiger partial charge on any atom is -0.496 e. The first-order chi connectivity index (χ1) is 7.67. The zero-order valence-electron chi connectivity index (χ0n) is 9.37. The van der Waals surface area contributed by atoms with Crippen LogP contribution in [0.1, 0.15) is 16.1 Å². The Morgan fingerprint density at radius 3 is 2.69 bits per heavy atom. The van der Waals surface area contributed by atoms with Crippen molar-refractivity contribution >= 4 is 16.9 Å². The Morgan fingerprint density at radius 2 is 2.06 bits per heavy atom. The summed E-state index contributed by atoms with van der Waals surface area (Å²) in [5.41, 5.74) is 0.912. The van der Waals surface area contributed by atoms with Crippen molar-refractivity contribution < 1.29 is 18.7 Å². The topological polar surface area (TPSA) is 48.7 Å². The second-order valence-corrected chi connectivity index (χ2v) is 3.41. The first-order valence-electron chi connectivity index (χ1n) is 4.83. The van der Waals surface area contributed by atoms with E-state index in [0.29, 0.717) is 16.9 Å². The molecule has 84 valence electrons. The second-order valence-electron chi connectivity index (χ2n) is 3.41. The van der Waals surface area contributed by atoms with Gasteiger partial charge in [0.15, 0.2) is 5.58 Å². The molecule has 4 heteroatoms. The number of fused-ring (bicyclic) bond motifs is 1. The van der Waals surface area contributed by atoms with Gasteiger partial charge in [0.25, 0.3) is 0 Å². The monoisotopic (exact) mass is 220 g/mol. The van der Waals surface area contributed by atoms with Gasteiger partial charge >= 0.3 is 5.97 Å². The van der Waals surface area contributed by atoms with Gasteiger partial charge in [0.05, 0.1) is 19.6 Å². The Labute approximate surface area is 92.8 Å². The fourth-order valence-electron chi connectivity index (χ4n) is 1.67. The summed E-state index contributed by atoms with van der Waals surface area (Å²) in [7, 11) is 2.92. The zero-order valence-corrected chi connectivity index (χ0v) is 9.37. The van der Waals surface area contributed by atoms with Crippen molar-refractivity contribution in [3.8, 4) is 5.75 Å². The Kier molecular flexibility index (Phi) is 2.56. The van der Waals surface area contributed by atoms with Crippen molar-refractivity contribution in [3.05, 3.63) is 29.5 Å². The number of hydrogen-bond donors (Lipinski definition) is 0. The van der Waals surface area contributed by atoms with Crippen molar-refractivity contribution in [2.24, 2.45) is 0 Å². The van der Waals surface area contributed by atoms with Crippen molar-refractivity contribution in [2.45, 2.75) is 6.92 Å². The maximum atomic E-state index is 11.5. The van der Waals surface area contributed by atoms with E-state index in [-0.39, 0.29) is 0 Å². The highest BCUT2D eigenvalue weighted by molar-refractivity contribution is 6.04. The van der Waals surface area contributed by atoms with Crippen molar-refractivity contribution in [1.29, 1.82) is 0 Å². The summed E-state index contributed by atoms with van der Waals surface area (Å²) in [4.78, 5) is 11.5. The molecular weight excluding hydrogens is 208 g/mol. The summed E-state index contributed by atoms with van der Waals surface area (Å²) in [6.45, 7) is 1.82. The number of methoxy groups -OCH3 is 2. The molecule has 0 saturated carbocycles. The van der Waals surface area contributed by atoms with Crippen LogP contribution in [0.25, 0.3) is 11.0 Å². The SMILES string of the molecule is COC(=O)c1ccc(OC)c2cc(C)oc12. The fourth-order valence-corrected chi connectivity index (χ4v) is 1.67. The van der Waals surface area contributed by atoms with Crippen LogP contribution in [0, 0.1) is 6.92 Å². The number of esters is 1. The van der Waals surface area contributed by atoms with E-state index in [4.69, 9.17) is 9.15 Å². The number of hydrogen-bond acceptors (Lipinski definition) is 4. The molecule has 2 aromatic rings. The molecule has 1 aromatic heterocycles. The average Bonchev–Trinajstić information content (AvgIpc) is 2.67. The number of benzene rings is 1. The second kappa shape index (κ2) is 3.89. The maximum Gasteiger partial charge on any atom is 0.341 e. The van der Waals surface area contributed by atoms with E-state index in [1.807, 2.05) is 13.0 Å². The van der Waals surface area contributed by atoms with Gasteiger partial charge in [-0.15, -0.1) is 0 Å². The number of aryl methyl sites for hydroxylation is 1. The summed E-state index contributed by atoms with van der Waals surface area (Å²) < 4.78 is 15.4. The lowest BCUT2D eigenvalue weighted by molar-refractivity contribution is 0.0601. The first kappa shape index (κ1) is 10.5. The highest BCUT2D eigenvalue weighted by Gasteiger charge is 2.16. The van der Waals surface area contributed by atoms with Crippen LogP contribution in [0.4, 0.5) is 0 Å². The molecule has 0 atom stereocenters. The molecule has 1 heterocycles. The molecule has 0 N–H and O–H groups in total. The molecule has 0 fully saturated rings. The van der Waals surface area contributed by atoms with Crippen LogP contribution in [-0.2, 0) is 4.74 Å². The molecular formula is C12H12O4. The third-order valence-corrected chi connectivity index (χ3v) is 2.39. The van der Waals surface area contributed by atoms with Crippen LogP contribution in [0.2, 0.25) is 0 Å². The smallest absolute Gasteiger partial charge is 0.341 e. The van der Waals surface area contributed by atoms with Gasteiger partial charge in [0, 0.05) is 0 Å². The standard InChI is InChI=1S/C12H12O4/c1-7-6-9-10(14-2)5-4-8(11(9)16-7)12(13)15-3/h4-6H,1-3H3. The Hall–Kier alpha value is -1.97. The van der Waals surface area contributed by atoms with Crippen molar-refractivity contribution in [3.63, 3.8) is 0 Å². The Morgan fingerprint density at radius 1 is 1.31 bits per heavy atom. The van der Waals surface area contributed by atoms with Crippen LogP contribution in [-0.4, -0.2) is 20.2 Å². The van der Waals surface area contributed by atoms with Crippen molar-refractivity contribution in [1.82, 2.24) is 0 Å². The van der Waals surface area contributed by atoms with E-state index >= 15 is 0 Å². The predicted molar refractivity (Wildman–Crippen MR) is 58.8 cm³/mol. The number of carbonyl (C=O) groups excluding carboxylic acids is 1. The normalized spacial score (nSPS) is 10.4. The van der Waals surface area contributed by atoms with Gasteiger partial charge in [-0.05, 0) is 25.1 Å². The Balaban J connectivity index is 2.73. The minimum atomic E-state index is -0.415. The van der Waals surface area contributed by atoms with E-state index in [9.17, 15) is 4.79 Å². The molecule has 0 aliphatic carbocycles. The van der Waals surface area contributed by atoms with Gasteiger partial charge in [-0.25, -0.2) is 4.79 Å². The molecule has 0 radical (unpaired) electrons. The van der Waals surface area contributed by atoms with Crippen LogP contribution in [0.15, 0.2) is 22.6 Å². The van der Waals surface area contributed by atoms with Crippen molar-refractivity contribution in [2.75, 3.05) is 14.2 Å². The van der Waals surface area contributed by atoms with Crippen LogP contribution < -0.4 is 4.74 Å². The van der Waals surface area contributed by atoms with E-state index in [2.05, 4.69) is 4.74 Å². The van der Waals surface area contributed by atoms with Gasteiger partial charge in [-0.2, -0.15) is 0 Å². The van der Waals surface area contributed by atoms with E-state index in [1.165, 1.54) is 7.11 Å². The summed E-state index contributed by atoms with van der Waals surface area (Å²) in [6, 6.07) is 5.19. The van der Waals surface area contributed by atoms with Gasteiger partial charge in [-0.1, -0.05) is 0 Å². The number of ether oxygens (including phenoxy) is 2. The zero-order chi connectivity index (χ0) is 11.7. The average molecular weight is 220 g/mol. The third-order valence-electron chi connectivity index (χ3n) is 2.39. The third kappa shape index (κ3) is 1.52. The molecule has 0 spiro atoms. The van der Waals surface area contributed by atoms with Crippen LogP contribution in [0.3, 0.4) is 0 Å². The molecule has 0 unspecified atom stereocenters. The fraction of sp³-hybridized carbons (Fsp3) is 0.250. The molecule has 0 saturated heterocycles. The minimum absolute atomic E-state index is 0.409. The summed E-state index contributed by atoms with van der Waals surface area (Å²) in [5, 5.41) is 0.780. The first-order valence-corrected chi connectivity index (χ1v) is 4.83. The predicted octanol–water partition coefficient (Wildman–Crippen LogP) is 2.54. The van der Waals surface area contributed by atoms with Gasteiger partial charge in [0.1, 0.15) is 17.1 Å². The van der Waals surface area contributed by atoms with E-state index in [1.54, 1.807) is 19.2 Å². The quantitative estimate of drug-likeness (QED) is 0.730. The highest BCUT2D eigenvalue weighted by Crippen LogP contribution is 2.31. The molecule has 0 bridgehead atoms. The molecule has 2 rings (SSSR count). The molecule has 0 aliphatic heterocycles. The lowest BCUT2D eigenvalue weighted by atomic mass is 10.1. The molecule has 1 aromatic carbocycles. The number of carbonyl (C=O) groups is 1.